The molecule has 1 aromatic rings. The summed E-state index contributed by atoms with van der Waals surface area (Å²) in [6.07, 6.45) is -1.25. The zero-order chi connectivity index (χ0) is 18.5. The van der Waals surface area contributed by atoms with Gasteiger partial charge in [0.1, 0.15) is 5.75 Å². The second-order valence-corrected chi connectivity index (χ2v) is 7.54. The van der Waals surface area contributed by atoms with E-state index in [1.54, 1.807) is 7.11 Å². The molecule has 1 fully saturated rings. The highest BCUT2D eigenvalue weighted by Crippen LogP contribution is 2.28. The van der Waals surface area contributed by atoms with Crippen molar-refractivity contribution in [1.29, 1.82) is 0 Å². The van der Waals surface area contributed by atoms with Gasteiger partial charge in [0.25, 0.3) is 0 Å². The smallest absolute Gasteiger partial charge is 0.401 e. The minimum Gasteiger partial charge on any atom is -0.497 e. The molecule has 1 unspecified atom stereocenters. The SMILES string of the molecule is COc1cccc(CC(C)(C)N2CCCC(CNCC(F)(F)F)C2)c1. The maximum atomic E-state index is 12.3. The lowest BCUT2D eigenvalue weighted by atomic mass is 9.88. The topological polar surface area (TPSA) is 24.5 Å². The summed E-state index contributed by atoms with van der Waals surface area (Å²) < 4.78 is 42.2. The minimum atomic E-state index is -4.14. The van der Waals surface area contributed by atoms with Gasteiger partial charge in [0.05, 0.1) is 13.7 Å². The van der Waals surface area contributed by atoms with Crippen LogP contribution in [0.25, 0.3) is 0 Å². The van der Waals surface area contributed by atoms with Crippen LogP contribution in [0.5, 0.6) is 5.75 Å². The largest absolute Gasteiger partial charge is 0.497 e. The van der Waals surface area contributed by atoms with E-state index >= 15 is 0 Å². The Morgan fingerprint density at radius 3 is 2.72 bits per heavy atom. The zero-order valence-electron chi connectivity index (χ0n) is 15.3. The van der Waals surface area contributed by atoms with Crippen LogP contribution in [0.3, 0.4) is 0 Å². The molecule has 0 radical (unpaired) electrons. The van der Waals surface area contributed by atoms with Crippen molar-refractivity contribution >= 4 is 0 Å². The van der Waals surface area contributed by atoms with Crippen molar-refractivity contribution in [3.63, 3.8) is 0 Å². The summed E-state index contributed by atoms with van der Waals surface area (Å²) in [5.41, 5.74) is 1.16. The molecule has 2 rings (SSSR count). The molecular weight excluding hydrogens is 329 g/mol. The maximum absolute atomic E-state index is 12.3. The summed E-state index contributed by atoms with van der Waals surface area (Å²) in [5.74, 6) is 1.11. The van der Waals surface area contributed by atoms with Crippen LogP contribution in [0.1, 0.15) is 32.3 Å². The molecule has 1 aliphatic rings. The molecule has 0 bridgehead atoms. The van der Waals surface area contributed by atoms with Crippen molar-refractivity contribution in [1.82, 2.24) is 10.2 Å². The lowest BCUT2D eigenvalue weighted by Crippen LogP contribution is -2.52. The first-order valence-electron chi connectivity index (χ1n) is 8.85. The number of nitrogens with zero attached hydrogens (tertiary/aromatic N) is 1. The van der Waals surface area contributed by atoms with Gasteiger partial charge in [-0.25, -0.2) is 0 Å². The second kappa shape index (κ2) is 8.41. The molecule has 0 amide bonds. The molecule has 6 heteroatoms. The highest BCUT2D eigenvalue weighted by Gasteiger charge is 2.32. The average molecular weight is 358 g/mol. The van der Waals surface area contributed by atoms with Gasteiger partial charge >= 0.3 is 6.18 Å². The Kier molecular flexibility index (Phi) is 6.74. The number of hydrogen-bond acceptors (Lipinski definition) is 3. The Balaban J connectivity index is 1.91. The number of alkyl halides is 3. The predicted molar refractivity (Wildman–Crippen MR) is 94.0 cm³/mol. The Labute approximate surface area is 148 Å². The Morgan fingerprint density at radius 1 is 1.28 bits per heavy atom. The van der Waals surface area contributed by atoms with E-state index in [4.69, 9.17) is 4.74 Å². The standard InChI is InChI=1S/C19H29F3N2O/c1-18(2,11-15-6-4-8-17(10-15)25-3)24-9-5-7-16(13-24)12-23-14-19(20,21)22/h4,6,8,10,16,23H,5,7,9,11-14H2,1-3H3. The van der Waals surface area contributed by atoms with E-state index in [1.807, 2.05) is 18.2 Å². The van der Waals surface area contributed by atoms with Crippen LogP contribution in [-0.4, -0.2) is 49.9 Å². The summed E-state index contributed by atoms with van der Waals surface area (Å²) >= 11 is 0. The summed E-state index contributed by atoms with van der Waals surface area (Å²) in [4.78, 5) is 2.41. The first-order valence-corrected chi connectivity index (χ1v) is 8.85. The minimum absolute atomic E-state index is 0.0466. The molecule has 3 nitrogen and oxygen atoms in total. The zero-order valence-corrected chi connectivity index (χ0v) is 15.3. The first-order chi connectivity index (χ1) is 11.7. The third-order valence-electron chi connectivity index (χ3n) is 4.90. The maximum Gasteiger partial charge on any atom is 0.401 e. The fourth-order valence-corrected chi connectivity index (χ4v) is 3.59. The Bertz CT molecular complexity index is 546. The van der Waals surface area contributed by atoms with Gasteiger partial charge < -0.3 is 10.1 Å². The van der Waals surface area contributed by atoms with Crippen LogP contribution in [0, 0.1) is 5.92 Å². The lowest BCUT2D eigenvalue weighted by Gasteiger charge is -2.44. The molecule has 1 atom stereocenters. The number of rotatable bonds is 7. The molecule has 1 aromatic carbocycles. The van der Waals surface area contributed by atoms with E-state index in [2.05, 4.69) is 30.1 Å². The van der Waals surface area contributed by atoms with Gasteiger partial charge in [-0.3, -0.25) is 4.90 Å². The van der Waals surface area contributed by atoms with Gasteiger partial charge in [-0.2, -0.15) is 13.2 Å². The van der Waals surface area contributed by atoms with Gasteiger partial charge in [-0.1, -0.05) is 12.1 Å². The number of likely N-dealkylation sites (tertiary alicyclic amines) is 1. The van der Waals surface area contributed by atoms with Gasteiger partial charge in [-0.15, -0.1) is 0 Å². The van der Waals surface area contributed by atoms with Crippen LogP contribution >= 0.6 is 0 Å². The number of benzene rings is 1. The molecule has 0 saturated carbocycles. The van der Waals surface area contributed by atoms with Crippen molar-refractivity contribution in [2.75, 3.05) is 33.3 Å². The normalized spacial score (nSPS) is 19.8. The van der Waals surface area contributed by atoms with E-state index in [0.717, 1.165) is 38.1 Å². The van der Waals surface area contributed by atoms with Crippen LogP contribution < -0.4 is 10.1 Å². The van der Waals surface area contributed by atoms with Crippen molar-refractivity contribution in [3.8, 4) is 5.75 Å². The molecule has 0 aromatic heterocycles. The summed E-state index contributed by atoms with van der Waals surface area (Å²) in [7, 11) is 1.66. The fraction of sp³-hybridized carbons (Fsp3) is 0.684. The van der Waals surface area contributed by atoms with E-state index in [1.165, 1.54) is 5.56 Å². The third-order valence-corrected chi connectivity index (χ3v) is 4.90. The summed E-state index contributed by atoms with van der Waals surface area (Å²) in [6.45, 7) is 5.76. The van der Waals surface area contributed by atoms with Crippen LogP contribution in [-0.2, 0) is 6.42 Å². The highest BCUT2D eigenvalue weighted by molar-refractivity contribution is 5.29. The van der Waals surface area contributed by atoms with E-state index in [-0.39, 0.29) is 11.5 Å². The molecule has 25 heavy (non-hydrogen) atoms. The second-order valence-electron chi connectivity index (χ2n) is 7.54. The number of ether oxygens (including phenoxy) is 1. The van der Waals surface area contributed by atoms with Crippen molar-refractivity contribution < 1.29 is 17.9 Å². The quantitative estimate of drug-likeness (QED) is 0.801. The molecular formula is C19H29F3N2O. The molecule has 1 saturated heterocycles. The van der Waals surface area contributed by atoms with E-state index < -0.39 is 12.7 Å². The molecule has 1 N–H and O–H groups in total. The average Bonchev–Trinajstić information content (AvgIpc) is 2.54. The monoisotopic (exact) mass is 358 g/mol. The molecule has 1 heterocycles. The van der Waals surface area contributed by atoms with Crippen molar-refractivity contribution in [2.24, 2.45) is 5.92 Å². The number of hydrogen-bond donors (Lipinski definition) is 1. The first kappa shape index (κ1) is 20.0. The highest BCUT2D eigenvalue weighted by atomic mass is 19.4. The molecule has 142 valence electrons. The van der Waals surface area contributed by atoms with Crippen molar-refractivity contribution in [3.05, 3.63) is 29.8 Å². The van der Waals surface area contributed by atoms with Gasteiger partial charge in [0, 0.05) is 12.1 Å². The summed E-state index contributed by atoms with van der Waals surface area (Å²) in [5, 5.41) is 2.56. The Morgan fingerprint density at radius 2 is 2.04 bits per heavy atom. The van der Waals surface area contributed by atoms with E-state index in [9.17, 15) is 13.2 Å². The summed E-state index contributed by atoms with van der Waals surface area (Å²) in [6, 6.07) is 8.06. The van der Waals surface area contributed by atoms with Crippen molar-refractivity contribution in [2.45, 2.75) is 44.8 Å². The molecule has 0 spiro atoms. The number of methoxy groups -OCH3 is 1. The number of halogens is 3. The van der Waals surface area contributed by atoms with Gasteiger partial charge in [0.15, 0.2) is 0 Å². The van der Waals surface area contributed by atoms with Gasteiger partial charge in [-0.05, 0) is 69.8 Å². The van der Waals surface area contributed by atoms with Crippen LogP contribution in [0.4, 0.5) is 13.2 Å². The Hall–Kier alpha value is -1.27. The third kappa shape index (κ3) is 6.51. The fourth-order valence-electron chi connectivity index (χ4n) is 3.59. The van der Waals surface area contributed by atoms with Crippen LogP contribution in [0.15, 0.2) is 24.3 Å². The number of piperidine rings is 1. The molecule has 0 aliphatic carbocycles. The number of nitrogens with one attached hydrogen (secondary N) is 1. The van der Waals surface area contributed by atoms with Crippen LogP contribution in [0.2, 0.25) is 0 Å². The van der Waals surface area contributed by atoms with Gasteiger partial charge in [0.2, 0.25) is 0 Å². The lowest BCUT2D eigenvalue weighted by molar-refractivity contribution is -0.125. The molecule has 1 aliphatic heterocycles. The van der Waals surface area contributed by atoms with E-state index in [0.29, 0.717) is 6.54 Å². The predicted octanol–water partition coefficient (Wildman–Crippen LogP) is 3.88.